The topological polar surface area (TPSA) is 121 Å². The summed E-state index contributed by atoms with van der Waals surface area (Å²) in [5.41, 5.74) is 2.84. The molecule has 3 unspecified atom stereocenters. The molecule has 0 aromatic carbocycles. The van der Waals surface area contributed by atoms with Crippen molar-refractivity contribution in [3.05, 3.63) is 47.1 Å². The summed E-state index contributed by atoms with van der Waals surface area (Å²) in [7, 11) is 0. The maximum absolute atomic E-state index is 14.1. The smallest absolute Gasteiger partial charge is 0.313 e. The van der Waals surface area contributed by atoms with Crippen LogP contribution in [0.1, 0.15) is 93.4 Å². The van der Waals surface area contributed by atoms with E-state index in [2.05, 4.69) is 32.9 Å². The van der Waals surface area contributed by atoms with Crippen LogP contribution in [0.2, 0.25) is 0 Å². The second-order valence-electron chi connectivity index (χ2n) is 14.9. The largest absolute Gasteiger partial charge is 0.462 e. The van der Waals surface area contributed by atoms with Crippen molar-refractivity contribution in [3.8, 4) is 0 Å². The van der Waals surface area contributed by atoms with E-state index in [0.717, 1.165) is 31.3 Å². The van der Waals surface area contributed by atoms with Crippen LogP contribution in [0.25, 0.3) is 0 Å². The van der Waals surface area contributed by atoms with Gasteiger partial charge in [0.25, 0.3) is 0 Å². The predicted molar refractivity (Wildman–Crippen MR) is 177 cm³/mol. The summed E-state index contributed by atoms with van der Waals surface area (Å²) in [6, 6.07) is 0. The Bertz CT molecular complexity index is 1270. The molecular weight excluding hydrogens is 600 g/mol. The number of esters is 2. The van der Waals surface area contributed by atoms with Crippen LogP contribution in [0.3, 0.4) is 0 Å². The first-order chi connectivity index (χ1) is 22.3. The maximum atomic E-state index is 14.1. The summed E-state index contributed by atoms with van der Waals surface area (Å²) in [6.45, 7) is 14.2. The van der Waals surface area contributed by atoms with Crippen molar-refractivity contribution in [3.63, 3.8) is 0 Å². The van der Waals surface area contributed by atoms with Crippen LogP contribution in [-0.2, 0) is 33.3 Å². The SMILES string of the molecule is CCCCC(C)C(=O)O[C@@H]1[C@H](C)[C@@H](C)O[C@@]2(C[C@@H]3C[C@@H](C/C=C(/C)C[C@@H](C)/C=C\C=C4\CO[C@@H]5C(O)C(C)=C[C@@H](C(=O)O3)C45)O2)[C@H]1O. The van der Waals surface area contributed by atoms with Crippen molar-refractivity contribution in [2.45, 2.75) is 142 Å². The molecule has 1 spiro atoms. The summed E-state index contributed by atoms with van der Waals surface area (Å²) < 4.78 is 31.6. The summed E-state index contributed by atoms with van der Waals surface area (Å²) in [5, 5.41) is 22.9. The number of rotatable bonds is 5. The van der Waals surface area contributed by atoms with E-state index in [-0.39, 0.29) is 36.1 Å². The molecule has 0 amide bonds. The third kappa shape index (κ3) is 7.80. The van der Waals surface area contributed by atoms with Gasteiger partial charge in [-0.3, -0.25) is 9.59 Å². The van der Waals surface area contributed by atoms with E-state index < -0.39 is 60.4 Å². The molecule has 1 aliphatic carbocycles. The number of hydrogen-bond acceptors (Lipinski definition) is 9. The Kier molecular flexibility index (Phi) is 11.5. The standard InChI is InChI=1S/C38H56O9/c1-8-9-12-23(4)36(41)45-33-25(6)26(7)46-38(35(33)40)19-29-18-28(47-38)15-14-22(3)16-21(2)11-10-13-27-20-43-34-31(27)30(37(42)44-29)17-24(5)32(34)39/h10-11,13-14,17,21,23,25-26,28-35,39-40H,8-9,12,15-16,18-20H2,1-7H3/b11-10-,22-14-,27-13-/t21-,23?,25+,26+,28+,29-,30+,31?,32?,33+,34-,35-,38+/m0/s1. The van der Waals surface area contributed by atoms with Crippen LogP contribution < -0.4 is 0 Å². The predicted octanol–water partition coefficient (Wildman–Crippen LogP) is 5.74. The minimum Gasteiger partial charge on any atom is -0.462 e. The van der Waals surface area contributed by atoms with Gasteiger partial charge in [0.2, 0.25) is 5.79 Å². The number of carbonyl (C=O) groups excluding carboxylic acids is 2. The molecule has 5 aliphatic rings. The first-order valence-electron chi connectivity index (χ1n) is 17.8. The molecule has 0 aromatic heterocycles. The second kappa shape index (κ2) is 15.1. The van der Waals surface area contributed by atoms with E-state index >= 15 is 0 Å². The van der Waals surface area contributed by atoms with E-state index in [1.165, 1.54) is 5.57 Å². The number of unbranched alkanes of at least 4 members (excludes halogenated alkanes) is 1. The summed E-state index contributed by atoms with van der Waals surface area (Å²) in [5.74, 6) is -3.55. The molecule has 47 heavy (non-hydrogen) atoms. The highest BCUT2D eigenvalue weighted by Gasteiger charge is 2.59. The molecule has 2 bridgehead atoms. The van der Waals surface area contributed by atoms with E-state index in [1.807, 2.05) is 45.9 Å². The van der Waals surface area contributed by atoms with Gasteiger partial charge in [-0.25, -0.2) is 0 Å². The number of allylic oxidation sites excluding steroid dienone is 4. The lowest BCUT2D eigenvalue weighted by atomic mass is 9.75. The number of ether oxygens (including phenoxy) is 5. The zero-order chi connectivity index (χ0) is 34.0. The highest BCUT2D eigenvalue weighted by Crippen LogP contribution is 2.46. The summed E-state index contributed by atoms with van der Waals surface area (Å²) in [4.78, 5) is 27.2. The fraction of sp³-hybridized carbons (Fsp3) is 0.737. The zero-order valence-corrected chi connectivity index (χ0v) is 29.2. The molecule has 0 saturated carbocycles. The van der Waals surface area contributed by atoms with Gasteiger partial charge in [-0.1, -0.05) is 76.5 Å². The fourth-order valence-corrected chi connectivity index (χ4v) is 7.97. The van der Waals surface area contributed by atoms with Crippen LogP contribution in [0.4, 0.5) is 0 Å². The van der Waals surface area contributed by atoms with Crippen LogP contribution >= 0.6 is 0 Å². The molecule has 262 valence electrons. The van der Waals surface area contributed by atoms with Crippen molar-refractivity contribution < 1.29 is 43.5 Å². The molecule has 5 rings (SSSR count). The third-order valence-corrected chi connectivity index (χ3v) is 11.0. The Morgan fingerprint density at radius 1 is 1.15 bits per heavy atom. The molecule has 2 N–H and O–H groups in total. The van der Waals surface area contributed by atoms with Crippen LogP contribution in [0.5, 0.6) is 0 Å². The van der Waals surface area contributed by atoms with Crippen molar-refractivity contribution >= 4 is 11.9 Å². The van der Waals surface area contributed by atoms with Gasteiger partial charge in [-0.15, -0.1) is 0 Å². The van der Waals surface area contributed by atoms with Crippen LogP contribution in [0, 0.1) is 29.6 Å². The quantitative estimate of drug-likeness (QED) is 0.282. The zero-order valence-electron chi connectivity index (χ0n) is 29.2. The normalized spacial score (nSPS) is 44.6. The summed E-state index contributed by atoms with van der Waals surface area (Å²) in [6.07, 6.45) is 9.85. The van der Waals surface area contributed by atoms with E-state index in [1.54, 1.807) is 0 Å². The lowest BCUT2D eigenvalue weighted by molar-refractivity contribution is -0.383. The molecular formula is C38H56O9. The first-order valence-corrected chi connectivity index (χ1v) is 17.8. The molecule has 3 saturated heterocycles. The number of aliphatic hydroxyl groups is 2. The molecule has 4 heterocycles. The van der Waals surface area contributed by atoms with Gasteiger partial charge in [0.15, 0.2) is 0 Å². The summed E-state index contributed by atoms with van der Waals surface area (Å²) >= 11 is 0. The number of hydrogen-bond donors (Lipinski definition) is 2. The van der Waals surface area contributed by atoms with Crippen LogP contribution in [-0.4, -0.2) is 77.3 Å². The second-order valence-corrected chi connectivity index (χ2v) is 14.9. The van der Waals surface area contributed by atoms with Gasteiger partial charge >= 0.3 is 11.9 Å². The third-order valence-electron chi connectivity index (χ3n) is 11.0. The molecule has 3 fully saturated rings. The van der Waals surface area contributed by atoms with Crippen molar-refractivity contribution in [1.29, 1.82) is 0 Å². The monoisotopic (exact) mass is 656 g/mol. The van der Waals surface area contributed by atoms with Crippen LogP contribution in [0.15, 0.2) is 47.1 Å². The number of aliphatic hydroxyl groups excluding tert-OH is 2. The highest BCUT2D eigenvalue weighted by atomic mass is 16.7. The average molecular weight is 657 g/mol. The van der Waals surface area contributed by atoms with Gasteiger partial charge in [0.1, 0.15) is 24.4 Å². The van der Waals surface area contributed by atoms with E-state index in [4.69, 9.17) is 23.7 Å². The lowest BCUT2D eigenvalue weighted by Crippen LogP contribution is -2.66. The first kappa shape index (κ1) is 36.0. The molecule has 13 atom stereocenters. The van der Waals surface area contributed by atoms with Gasteiger partial charge in [0.05, 0.1) is 36.8 Å². The maximum Gasteiger partial charge on any atom is 0.313 e. The highest BCUT2D eigenvalue weighted by molar-refractivity contribution is 5.77. The Labute approximate surface area is 280 Å². The van der Waals surface area contributed by atoms with Gasteiger partial charge < -0.3 is 33.9 Å². The van der Waals surface area contributed by atoms with E-state index in [9.17, 15) is 19.8 Å². The average Bonchev–Trinajstić information content (AvgIpc) is 3.45. The molecule has 0 aromatic rings. The van der Waals surface area contributed by atoms with Gasteiger partial charge in [-0.05, 0) is 57.1 Å². The lowest BCUT2D eigenvalue weighted by Gasteiger charge is -2.53. The Balaban J connectivity index is 1.47. The van der Waals surface area contributed by atoms with E-state index in [0.29, 0.717) is 25.0 Å². The Morgan fingerprint density at radius 2 is 1.91 bits per heavy atom. The van der Waals surface area contributed by atoms with Gasteiger partial charge in [0, 0.05) is 24.7 Å². The van der Waals surface area contributed by atoms with Crippen molar-refractivity contribution in [2.75, 3.05) is 6.61 Å². The van der Waals surface area contributed by atoms with Crippen molar-refractivity contribution in [2.24, 2.45) is 29.6 Å². The molecule has 4 aliphatic heterocycles. The number of fused-ring (bicyclic) bond motifs is 2. The minimum absolute atomic E-state index is 0.0979. The molecule has 9 heteroatoms. The Morgan fingerprint density at radius 3 is 2.66 bits per heavy atom. The minimum atomic E-state index is -1.53. The molecule has 9 nitrogen and oxygen atoms in total. The van der Waals surface area contributed by atoms with Gasteiger partial charge in [-0.2, -0.15) is 0 Å². The van der Waals surface area contributed by atoms with Crippen molar-refractivity contribution in [1.82, 2.24) is 0 Å². The fourth-order valence-electron chi connectivity index (χ4n) is 7.97. The number of carbonyl (C=O) groups is 2. The molecule has 0 radical (unpaired) electrons. The Hall–Kier alpha value is -2.30.